The number of carbonyl (C=O) groups excluding carboxylic acids is 2. The van der Waals surface area contributed by atoms with Gasteiger partial charge in [-0.05, 0) is 98.1 Å². The molecule has 1 aliphatic rings. The summed E-state index contributed by atoms with van der Waals surface area (Å²) in [6, 6.07) is 1.58. The number of nitrogens with one attached hydrogen (secondary N) is 1. The summed E-state index contributed by atoms with van der Waals surface area (Å²) in [6.07, 6.45) is 5.86. The Morgan fingerprint density at radius 3 is 2.45 bits per heavy atom. The fourth-order valence-corrected chi connectivity index (χ4v) is 5.30. The molecule has 1 aromatic carbocycles. The zero-order chi connectivity index (χ0) is 28.1. The first-order valence-electron chi connectivity index (χ1n) is 13.2. The number of Topliss-reactive ketones (excluding diaryl/α,β-unsaturated/α-hetero) is 1. The van der Waals surface area contributed by atoms with E-state index < -0.39 is 5.60 Å². The maximum atomic E-state index is 14.8. The molecular formula is C31H41FN2O3U. The van der Waals surface area contributed by atoms with Crippen molar-refractivity contribution >= 4 is 28.5 Å². The van der Waals surface area contributed by atoms with Crippen molar-refractivity contribution in [1.29, 1.82) is 0 Å². The van der Waals surface area contributed by atoms with Crippen LogP contribution < -0.4 is 5.32 Å². The van der Waals surface area contributed by atoms with Crippen LogP contribution in [0.2, 0.25) is 0 Å². The van der Waals surface area contributed by atoms with E-state index in [-0.39, 0.29) is 72.7 Å². The van der Waals surface area contributed by atoms with Gasteiger partial charge >= 0.3 is 31.1 Å². The Labute approximate surface area is 251 Å². The summed E-state index contributed by atoms with van der Waals surface area (Å²) in [6.45, 7) is 16.6. The Morgan fingerprint density at radius 1 is 1.34 bits per heavy atom. The molecule has 38 heavy (non-hydrogen) atoms. The van der Waals surface area contributed by atoms with Crippen molar-refractivity contribution in [1.82, 2.24) is 10.3 Å². The minimum absolute atomic E-state index is 0. The monoisotopic (exact) mass is 746 g/mol. The van der Waals surface area contributed by atoms with Gasteiger partial charge in [-0.1, -0.05) is 33.8 Å². The molecule has 0 aliphatic heterocycles. The van der Waals surface area contributed by atoms with Gasteiger partial charge in [-0.2, -0.15) is 6.42 Å². The van der Waals surface area contributed by atoms with Crippen LogP contribution in [0.25, 0.3) is 16.5 Å². The van der Waals surface area contributed by atoms with E-state index in [1.54, 1.807) is 19.3 Å². The molecule has 5 nitrogen and oxygen atoms in total. The first-order valence-corrected chi connectivity index (χ1v) is 13.2. The van der Waals surface area contributed by atoms with Gasteiger partial charge in [0, 0.05) is 17.5 Å². The molecule has 0 spiro atoms. The summed E-state index contributed by atoms with van der Waals surface area (Å²) in [4.78, 5) is 29.1. The fraction of sp³-hybridized carbons (Fsp3) is 0.484. The van der Waals surface area contributed by atoms with Crippen LogP contribution in [0.5, 0.6) is 0 Å². The number of hydrogen-bond acceptors (Lipinski definition) is 5. The van der Waals surface area contributed by atoms with Crippen molar-refractivity contribution in [3.8, 4) is 0 Å². The molecule has 0 radical (unpaired) electrons. The van der Waals surface area contributed by atoms with E-state index in [9.17, 15) is 19.1 Å². The quantitative estimate of drug-likeness (QED) is 0.181. The topological polar surface area (TPSA) is 79.3 Å². The minimum atomic E-state index is -1.94. The number of ketones is 1. The molecule has 0 saturated carbocycles. The average molecular weight is 747 g/mol. The van der Waals surface area contributed by atoms with Gasteiger partial charge in [-0.25, -0.2) is 15.7 Å². The number of aromatic nitrogens is 1. The van der Waals surface area contributed by atoms with Gasteiger partial charge in [-0.15, -0.1) is 0 Å². The third-order valence-electron chi connectivity index (χ3n) is 7.34. The van der Waals surface area contributed by atoms with Crippen molar-refractivity contribution in [2.75, 3.05) is 7.05 Å². The summed E-state index contributed by atoms with van der Waals surface area (Å²) < 4.78 is 14.8. The van der Waals surface area contributed by atoms with E-state index in [0.717, 1.165) is 34.9 Å². The van der Waals surface area contributed by atoms with E-state index in [1.165, 1.54) is 13.0 Å². The first-order chi connectivity index (χ1) is 17.6. The molecule has 1 heterocycles. The second-order valence-electron chi connectivity index (χ2n) is 9.28. The number of rotatable bonds is 9. The SMILES string of the molecule is CC.[CH2-]C/C(C(C)=O)=C(/C=C(\C)c1nc2cc(F)c(C)c3c2c(c1CC)C(NC)CC3)C(O)([C-]=O)CC.[U+2]. The van der Waals surface area contributed by atoms with E-state index >= 15 is 0 Å². The average Bonchev–Trinajstić information content (AvgIpc) is 2.91. The Balaban J connectivity index is 0.00000235. The number of allylic oxidation sites excluding steroid dienone is 2. The number of carbonyl (C=O) groups is 1. The van der Waals surface area contributed by atoms with Crippen molar-refractivity contribution < 1.29 is 50.2 Å². The molecule has 0 fully saturated rings. The molecule has 2 unspecified atom stereocenters. The van der Waals surface area contributed by atoms with Crippen LogP contribution in [0.3, 0.4) is 0 Å². The second-order valence-corrected chi connectivity index (χ2v) is 9.28. The molecule has 1 aromatic heterocycles. The predicted molar refractivity (Wildman–Crippen MR) is 150 cm³/mol. The molecule has 0 saturated heterocycles. The van der Waals surface area contributed by atoms with E-state index in [1.807, 2.05) is 34.7 Å². The van der Waals surface area contributed by atoms with Gasteiger partial charge in [0.15, 0.2) is 5.78 Å². The van der Waals surface area contributed by atoms with Crippen molar-refractivity contribution in [2.24, 2.45) is 0 Å². The molecule has 2 N–H and O–H groups in total. The molecule has 0 bridgehead atoms. The number of aliphatic hydroxyl groups is 1. The normalized spacial score (nSPS) is 17.0. The summed E-state index contributed by atoms with van der Waals surface area (Å²) in [5.41, 5.74) is 4.26. The van der Waals surface area contributed by atoms with Crippen molar-refractivity contribution in [3.63, 3.8) is 0 Å². The Bertz CT molecular complexity index is 1250. The molecule has 2 atom stereocenters. The zero-order valence-electron chi connectivity index (χ0n) is 24.1. The molecule has 3 rings (SSSR count). The molecule has 0 amide bonds. The van der Waals surface area contributed by atoms with Crippen LogP contribution in [-0.2, 0) is 22.4 Å². The summed E-state index contributed by atoms with van der Waals surface area (Å²) >= 11 is 0. The maximum Gasteiger partial charge on any atom is 2.00 e. The van der Waals surface area contributed by atoms with Gasteiger partial charge in [0.25, 0.3) is 0 Å². The fourth-order valence-electron chi connectivity index (χ4n) is 5.30. The van der Waals surface area contributed by atoms with Crippen LogP contribution in [-0.4, -0.2) is 34.8 Å². The van der Waals surface area contributed by atoms with Crippen molar-refractivity contribution in [3.05, 3.63) is 64.0 Å². The third kappa shape index (κ3) is 6.39. The van der Waals surface area contributed by atoms with Crippen LogP contribution in [0, 0.1) is 50.8 Å². The number of pyridine rings is 1. The molecule has 1 aliphatic carbocycles. The smallest absolute Gasteiger partial charge is 0.539 e. The van der Waals surface area contributed by atoms with Crippen LogP contribution in [0.15, 0.2) is 23.3 Å². The molecular weight excluding hydrogens is 705 g/mol. The molecule has 2 aromatic rings. The number of nitrogens with zero attached hydrogens (tertiary/aromatic N) is 1. The van der Waals surface area contributed by atoms with Gasteiger partial charge in [0.1, 0.15) is 5.82 Å². The summed E-state index contributed by atoms with van der Waals surface area (Å²) in [7, 11) is 1.93. The second kappa shape index (κ2) is 14.7. The van der Waals surface area contributed by atoms with Crippen LogP contribution in [0.1, 0.15) is 94.8 Å². The molecule has 7 heteroatoms. The van der Waals surface area contributed by atoms with Crippen LogP contribution in [0.4, 0.5) is 4.39 Å². The third-order valence-corrected chi connectivity index (χ3v) is 7.34. The molecule has 204 valence electrons. The summed E-state index contributed by atoms with van der Waals surface area (Å²) in [5, 5.41) is 15.5. The zero-order valence-corrected chi connectivity index (χ0v) is 28.2. The van der Waals surface area contributed by atoms with Gasteiger partial charge in [0.05, 0.1) is 11.2 Å². The number of hydrogen-bond donors (Lipinski definition) is 2. The maximum absolute atomic E-state index is 14.8. The predicted octanol–water partition coefficient (Wildman–Crippen LogP) is 6.24. The van der Waals surface area contributed by atoms with E-state index in [0.29, 0.717) is 28.8 Å². The van der Waals surface area contributed by atoms with Crippen molar-refractivity contribution in [2.45, 2.75) is 92.2 Å². The number of aryl methyl sites for hydroxylation is 1. The summed E-state index contributed by atoms with van der Waals surface area (Å²) in [5.74, 6) is -0.547. The first kappa shape index (κ1) is 34.4. The number of benzene rings is 1. The largest absolute Gasteiger partial charge is 2.00 e. The number of halogens is 1. The van der Waals surface area contributed by atoms with Gasteiger partial charge in [-0.3, -0.25) is 4.79 Å². The Morgan fingerprint density at radius 2 is 1.97 bits per heavy atom. The van der Waals surface area contributed by atoms with E-state index in [2.05, 4.69) is 19.2 Å². The van der Waals surface area contributed by atoms with Gasteiger partial charge < -0.3 is 22.1 Å². The van der Waals surface area contributed by atoms with Gasteiger partial charge in [0.2, 0.25) is 0 Å². The Kier molecular flexibility index (Phi) is 13.3. The van der Waals surface area contributed by atoms with E-state index in [4.69, 9.17) is 4.98 Å². The Hall–Kier alpha value is -1.65. The minimum Gasteiger partial charge on any atom is -0.539 e. The standard InChI is InChI=1S/C29H35FN2O3.C2H6.U/c1-8-19(18(6)34)22(29(35,10-3)15-33)13-16(4)28-20(9-2)26-24(31-7)12-11-21-17(5)23(30)14-25(32-28)27(21)26;1-2;/h13-14,24,31,35H,1,8-12H2,2-7H3;1-2H3;/q-2;;+2/b16-13+,22-19+;;. The van der Waals surface area contributed by atoms with Crippen LogP contribution >= 0.6 is 0 Å².